The van der Waals surface area contributed by atoms with Crippen molar-refractivity contribution in [3.63, 3.8) is 0 Å². The fourth-order valence-electron chi connectivity index (χ4n) is 2.13. The number of carbonyl (C=O) groups is 1. The van der Waals surface area contributed by atoms with Crippen LogP contribution in [0.25, 0.3) is 0 Å². The minimum Gasteiger partial charge on any atom is -0.370 e. The highest BCUT2D eigenvalue weighted by Crippen LogP contribution is 2.28. The van der Waals surface area contributed by atoms with Crippen molar-refractivity contribution < 1.29 is 4.79 Å². The number of nitrogens with zero attached hydrogens (tertiary/aromatic N) is 2. The van der Waals surface area contributed by atoms with E-state index >= 15 is 0 Å². The summed E-state index contributed by atoms with van der Waals surface area (Å²) < 4.78 is 0. The monoisotopic (exact) mass is 196 g/mol. The van der Waals surface area contributed by atoms with Gasteiger partial charge in [-0.3, -0.25) is 10.1 Å². The van der Waals surface area contributed by atoms with Crippen LogP contribution in [0, 0.1) is 0 Å². The van der Waals surface area contributed by atoms with Crippen LogP contribution in [-0.2, 0) is 4.79 Å². The number of amides is 1. The Labute approximate surface area is 83.4 Å². The van der Waals surface area contributed by atoms with Crippen molar-refractivity contribution in [2.45, 2.75) is 24.8 Å². The fraction of sp³-hybridized carbons (Fsp3) is 0.778. The van der Waals surface area contributed by atoms with Crippen LogP contribution in [0.15, 0.2) is 4.99 Å². The Hall–Kier alpha value is -1.10. The number of hydrogen-bond acceptors (Lipinski definition) is 4. The Morgan fingerprint density at radius 3 is 2.93 bits per heavy atom. The summed E-state index contributed by atoms with van der Waals surface area (Å²) in [5, 5.41) is 2.59. The van der Waals surface area contributed by atoms with E-state index in [1.165, 1.54) is 0 Å². The van der Waals surface area contributed by atoms with E-state index in [1.807, 2.05) is 0 Å². The second-order valence-corrected chi connectivity index (χ2v) is 4.14. The highest BCUT2D eigenvalue weighted by atomic mass is 16.2. The Bertz CT molecular complexity index is 289. The third-order valence-corrected chi connectivity index (χ3v) is 3.04. The predicted octanol–water partition coefficient (Wildman–Crippen LogP) is -0.715. The summed E-state index contributed by atoms with van der Waals surface area (Å²) in [7, 11) is 2.07. The van der Waals surface area contributed by atoms with Gasteiger partial charge in [0.1, 0.15) is 5.54 Å². The Kier molecular flexibility index (Phi) is 2.19. The maximum atomic E-state index is 11.7. The summed E-state index contributed by atoms with van der Waals surface area (Å²) >= 11 is 0. The molecule has 0 radical (unpaired) electrons. The molecule has 1 spiro atoms. The maximum absolute atomic E-state index is 11.7. The van der Waals surface area contributed by atoms with Crippen molar-refractivity contribution in [2.24, 2.45) is 10.7 Å². The first-order chi connectivity index (χ1) is 6.62. The standard InChI is InChI=1S/C9H16N4O/c1-13-5-2-3-9(4-6-13)7(14)11-8(10)12-9/h2-6H2,1H3,(H3,10,11,12,14). The molecule has 0 aromatic heterocycles. The lowest BCUT2D eigenvalue weighted by Crippen LogP contribution is -2.41. The zero-order valence-electron chi connectivity index (χ0n) is 8.42. The van der Waals surface area contributed by atoms with Gasteiger partial charge in [-0.2, -0.15) is 0 Å². The molecule has 5 nitrogen and oxygen atoms in total. The van der Waals surface area contributed by atoms with Crippen LogP contribution in [0.5, 0.6) is 0 Å². The highest BCUT2D eigenvalue weighted by Gasteiger charge is 2.43. The molecular formula is C9H16N4O. The molecule has 2 heterocycles. The van der Waals surface area contributed by atoms with Gasteiger partial charge >= 0.3 is 0 Å². The third kappa shape index (κ3) is 1.48. The molecule has 0 saturated carbocycles. The summed E-state index contributed by atoms with van der Waals surface area (Å²) in [5.41, 5.74) is 4.96. The Morgan fingerprint density at radius 2 is 2.29 bits per heavy atom. The van der Waals surface area contributed by atoms with Gasteiger partial charge in [0.25, 0.3) is 5.91 Å². The van der Waals surface area contributed by atoms with E-state index in [2.05, 4.69) is 22.3 Å². The SMILES string of the molecule is CN1CCCC2(CC1)N=C(N)NC2=O. The molecule has 3 N–H and O–H groups in total. The highest BCUT2D eigenvalue weighted by molar-refractivity contribution is 6.06. The Morgan fingerprint density at radius 1 is 1.50 bits per heavy atom. The van der Waals surface area contributed by atoms with E-state index in [0.29, 0.717) is 0 Å². The zero-order valence-corrected chi connectivity index (χ0v) is 8.42. The molecule has 1 unspecified atom stereocenters. The molecule has 0 aliphatic carbocycles. The van der Waals surface area contributed by atoms with Gasteiger partial charge in [-0.15, -0.1) is 0 Å². The lowest BCUT2D eigenvalue weighted by molar-refractivity contribution is -0.124. The summed E-state index contributed by atoms with van der Waals surface area (Å²) in [6.45, 7) is 1.94. The molecule has 1 atom stereocenters. The maximum Gasteiger partial charge on any atom is 0.254 e. The molecule has 0 bridgehead atoms. The van der Waals surface area contributed by atoms with Gasteiger partial charge in [-0.1, -0.05) is 0 Å². The summed E-state index contributed by atoms with van der Waals surface area (Å²) in [6.07, 6.45) is 2.58. The van der Waals surface area contributed by atoms with Gasteiger partial charge in [0, 0.05) is 6.54 Å². The van der Waals surface area contributed by atoms with Crippen LogP contribution in [0.3, 0.4) is 0 Å². The quantitative estimate of drug-likeness (QED) is 0.537. The van der Waals surface area contributed by atoms with Crippen molar-refractivity contribution >= 4 is 11.9 Å². The first-order valence-corrected chi connectivity index (χ1v) is 4.98. The number of hydrogen-bond donors (Lipinski definition) is 2. The second-order valence-electron chi connectivity index (χ2n) is 4.14. The molecule has 1 saturated heterocycles. The van der Waals surface area contributed by atoms with Crippen molar-refractivity contribution in [1.82, 2.24) is 10.2 Å². The van der Waals surface area contributed by atoms with Gasteiger partial charge in [0.15, 0.2) is 5.96 Å². The number of nitrogens with two attached hydrogens (primary N) is 1. The van der Waals surface area contributed by atoms with Crippen molar-refractivity contribution in [3.05, 3.63) is 0 Å². The van der Waals surface area contributed by atoms with Crippen LogP contribution in [-0.4, -0.2) is 42.4 Å². The van der Waals surface area contributed by atoms with Crippen LogP contribution < -0.4 is 11.1 Å². The minimum atomic E-state index is -0.561. The number of aliphatic imine (C=N–C) groups is 1. The third-order valence-electron chi connectivity index (χ3n) is 3.04. The molecule has 0 aromatic carbocycles. The number of guanidine groups is 1. The topological polar surface area (TPSA) is 70.7 Å². The van der Waals surface area contributed by atoms with Crippen molar-refractivity contribution in [3.8, 4) is 0 Å². The average Bonchev–Trinajstić information content (AvgIpc) is 2.31. The smallest absolute Gasteiger partial charge is 0.254 e. The molecule has 0 aromatic rings. The van der Waals surface area contributed by atoms with Gasteiger partial charge in [-0.25, -0.2) is 4.99 Å². The van der Waals surface area contributed by atoms with Gasteiger partial charge < -0.3 is 10.6 Å². The first-order valence-electron chi connectivity index (χ1n) is 4.98. The molecule has 5 heteroatoms. The van der Waals surface area contributed by atoms with E-state index in [9.17, 15) is 4.79 Å². The zero-order chi connectivity index (χ0) is 10.2. The van der Waals surface area contributed by atoms with Gasteiger partial charge in [-0.05, 0) is 32.9 Å². The van der Waals surface area contributed by atoms with Crippen LogP contribution in [0.2, 0.25) is 0 Å². The number of carbonyl (C=O) groups excluding carboxylic acids is 1. The predicted molar refractivity (Wildman–Crippen MR) is 53.8 cm³/mol. The van der Waals surface area contributed by atoms with Crippen LogP contribution in [0.4, 0.5) is 0 Å². The average molecular weight is 196 g/mol. The number of nitrogens with one attached hydrogen (secondary N) is 1. The van der Waals surface area contributed by atoms with E-state index in [-0.39, 0.29) is 11.9 Å². The van der Waals surface area contributed by atoms with Gasteiger partial charge in [0.2, 0.25) is 0 Å². The van der Waals surface area contributed by atoms with E-state index < -0.39 is 5.54 Å². The minimum absolute atomic E-state index is 0.0229. The Balaban J connectivity index is 2.18. The van der Waals surface area contributed by atoms with Crippen molar-refractivity contribution in [2.75, 3.05) is 20.1 Å². The molecule has 2 aliphatic heterocycles. The van der Waals surface area contributed by atoms with Gasteiger partial charge in [0.05, 0.1) is 0 Å². The fourth-order valence-corrected chi connectivity index (χ4v) is 2.13. The molecule has 2 aliphatic rings. The van der Waals surface area contributed by atoms with E-state index in [0.717, 1.165) is 32.4 Å². The number of likely N-dealkylation sites (tertiary alicyclic amines) is 1. The summed E-state index contributed by atoms with van der Waals surface area (Å²) in [5.74, 6) is 0.254. The lowest BCUT2D eigenvalue weighted by Gasteiger charge is -2.20. The van der Waals surface area contributed by atoms with E-state index in [4.69, 9.17) is 5.73 Å². The largest absolute Gasteiger partial charge is 0.370 e. The summed E-state index contributed by atoms with van der Waals surface area (Å²) in [4.78, 5) is 18.2. The second kappa shape index (κ2) is 3.24. The van der Waals surface area contributed by atoms with E-state index in [1.54, 1.807) is 0 Å². The summed E-state index contributed by atoms with van der Waals surface area (Å²) in [6, 6.07) is 0. The number of rotatable bonds is 0. The molecule has 78 valence electrons. The van der Waals surface area contributed by atoms with Crippen molar-refractivity contribution in [1.29, 1.82) is 0 Å². The van der Waals surface area contributed by atoms with Crippen LogP contribution in [0.1, 0.15) is 19.3 Å². The first kappa shape index (κ1) is 9.45. The lowest BCUT2D eigenvalue weighted by atomic mass is 9.91. The molecule has 1 amide bonds. The molecule has 14 heavy (non-hydrogen) atoms. The molecular weight excluding hydrogens is 180 g/mol. The van der Waals surface area contributed by atoms with Crippen LogP contribution >= 0.6 is 0 Å². The molecule has 1 fully saturated rings. The normalized spacial score (nSPS) is 34.1. The molecule has 2 rings (SSSR count).